The van der Waals surface area contributed by atoms with Crippen molar-refractivity contribution in [2.45, 2.75) is 12.1 Å². The average molecular weight is 376 g/mol. The minimum absolute atomic E-state index is 0.0783. The number of carbonyl (C=O) groups excluding carboxylic acids is 2. The van der Waals surface area contributed by atoms with Crippen molar-refractivity contribution < 1.29 is 22.7 Å². The lowest BCUT2D eigenvalue weighted by Crippen LogP contribution is -2.53. The predicted molar refractivity (Wildman–Crippen MR) is 87.9 cm³/mol. The Bertz CT molecular complexity index is 725. The first-order valence-electron chi connectivity index (χ1n) is 7.18. The molecule has 0 saturated carbocycles. The van der Waals surface area contributed by atoms with E-state index in [9.17, 15) is 18.0 Å². The van der Waals surface area contributed by atoms with Gasteiger partial charge in [0.05, 0.1) is 11.8 Å². The predicted octanol–water partition coefficient (Wildman–Crippen LogP) is -0.438. The van der Waals surface area contributed by atoms with Crippen LogP contribution in [0, 0.1) is 0 Å². The second kappa shape index (κ2) is 7.93. The maximum absolute atomic E-state index is 12.3. The van der Waals surface area contributed by atoms with Crippen LogP contribution < -0.4 is 15.4 Å². The van der Waals surface area contributed by atoms with Crippen molar-refractivity contribution in [1.29, 1.82) is 0 Å². The van der Waals surface area contributed by atoms with E-state index in [0.29, 0.717) is 10.6 Å². The number of rotatable bonds is 6. The zero-order valence-corrected chi connectivity index (χ0v) is 14.5. The second-order valence-electron chi connectivity index (χ2n) is 5.11. The molecule has 0 bridgehead atoms. The summed E-state index contributed by atoms with van der Waals surface area (Å²) in [5.41, 5.74) is 0.551. The molecule has 1 aliphatic heterocycles. The van der Waals surface area contributed by atoms with E-state index in [0.717, 1.165) is 0 Å². The second-order valence-corrected chi connectivity index (χ2v) is 7.57. The molecule has 0 aliphatic carbocycles. The number of carbonyl (C=O) groups is 2. The van der Waals surface area contributed by atoms with E-state index in [2.05, 4.69) is 15.4 Å². The number of ether oxygens (including phenoxy) is 1. The van der Waals surface area contributed by atoms with Gasteiger partial charge in [0.2, 0.25) is 15.9 Å². The lowest BCUT2D eigenvalue weighted by atomic mass is 9.99. The van der Waals surface area contributed by atoms with Crippen LogP contribution in [-0.4, -0.2) is 52.3 Å². The maximum atomic E-state index is 12.3. The van der Waals surface area contributed by atoms with E-state index in [1.54, 1.807) is 24.3 Å². The molecule has 8 nitrogen and oxygen atoms in total. The van der Waals surface area contributed by atoms with Gasteiger partial charge in [-0.15, -0.1) is 0 Å². The van der Waals surface area contributed by atoms with Gasteiger partial charge in [0.25, 0.3) is 5.91 Å². The van der Waals surface area contributed by atoms with E-state index in [4.69, 9.17) is 16.3 Å². The van der Waals surface area contributed by atoms with Gasteiger partial charge in [-0.1, -0.05) is 29.8 Å². The number of benzene rings is 1. The molecule has 1 aromatic carbocycles. The highest BCUT2D eigenvalue weighted by Crippen LogP contribution is 2.28. The standard InChI is InChI=1S/C14H18ClN3O5S/c1-16-24(21,22)7-6-17-14(20)13-12(18-11(19)8-23-13)9-4-2-3-5-10(9)15/h2-5,12-13,16H,6-8H2,1H3,(H,17,20)(H,18,19)/t12-,13+/m1/s1. The summed E-state index contributed by atoms with van der Waals surface area (Å²) in [6.45, 7) is -0.334. The Labute approximate surface area is 144 Å². The molecule has 0 aromatic heterocycles. The molecule has 0 radical (unpaired) electrons. The summed E-state index contributed by atoms with van der Waals surface area (Å²) in [4.78, 5) is 23.9. The highest BCUT2D eigenvalue weighted by molar-refractivity contribution is 7.89. The van der Waals surface area contributed by atoms with Crippen LogP contribution in [0.4, 0.5) is 0 Å². The molecule has 2 amide bonds. The fraction of sp³-hybridized carbons (Fsp3) is 0.429. The Morgan fingerprint density at radius 1 is 1.42 bits per heavy atom. The first-order chi connectivity index (χ1) is 11.3. The Hall–Kier alpha value is -1.68. The molecule has 0 unspecified atom stereocenters. The molecule has 24 heavy (non-hydrogen) atoms. The summed E-state index contributed by atoms with van der Waals surface area (Å²) in [6.07, 6.45) is -1.00. The summed E-state index contributed by atoms with van der Waals surface area (Å²) in [7, 11) is -2.13. The summed E-state index contributed by atoms with van der Waals surface area (Å²) in [5.74, 6) is -1.14. The van der Waals surface area contributed by atoms with Crippen molar-refractivity contribution in [2.24, 2.45) is 0 Å². The highest BCUT2D eigenvalue weighted by atomic mass is 35.5. The third-order valence-electron chi connectivity index (χ3n) is 3.49. The number of halogens is 1. The third-order valence-corrected chi connectivity index (χ3v) is 5.20. The monoisotopic (exact) mass is 375 g/mol. The van der Waals surface area contributed by atoms with Gasteiger partial charge in [0, 0.05) is 11.6 Å². The Balaban J connectivity index is 2.09. The number of hydrogen-bond donors (Lipinski definition) is 3. The van der Waals surface area contributed by atoms with E-state index in [1.807, 2.05) is 0 Å². The van der Waals surface area contributed by atoms with Crippen molar-refractivity contribution in [3.8, 4) is 0 Å². The van der Waals surface area contributed by atoms with Crippen LogP contribution in [0.3, 0.4) is 0 Å². The smallest absolute Gasteiger partial charge is 0.251 e. The van der Waals surface area contributed by atoms with Gasteiger partial charge >= 0.3 is 0 Å². The van der Waals surface area contributed by atoms with Crippen LogP contribution in [0.5, 0.6) is 0 Å². The number of sulfonamides is 1. The van der Waals surface area contributed by atoms with Gasteiger partial charge in [0.1, 0.15) is 6.61 Å². The molecule has 1 saturated heterocycles. The van der Waals surface area contributed by atoms with Gasteiger partial charge in [-0.05, 0) is 18.7 Å². The van der Waals surface area contributed by atoms with Crippen molar-refractivity contribution >= 4 is 33.4 Å². The topological polar surface area (TPSA) is 114 Å². The van der Waals surface area contributed by atoms with Gasteiger partial charge in [0.15, 0.2) is 6.10 Å². The van der Waals surface area contributed by atoms with Gasteiger partial charge in [-0.25, -0.2) is 13.1 Å². The quantitative estimate of drug-likeness (QED) is 0.624. The van der Waals surface area contributed by atoms with Crippen LogP contribution in [0.25, 0.3) is 0 Å². The fourth-order valence-corrected chi connectivity index (χ4v) is 3.09. The molecule has 2 atom stereocenters. The highest BCUT2D eigenvalue weighted by Gasteiger charge is 2.36. The molecule has 1 heterocycles. The molecule has 0 spiro atoms. The molecule has 1 aromatic rings. The summed E-state index contributed by atoms with van der Waals surface area (Å²) in [6, 6.07) is 6.05. The zero-order chi connectivity index (χ0) is 17.7. The first kappa shape index (κ1) is 18.7. The fourth-order valence-electron chi connectivity index (χ4n) is 2.26. The summed E-state index contributed by atoms with van der Waals surface area (Å²) in [5, 5.41) is 5.57. The zero-order valence-electron chi connectivity index (χ0n) is 12.9. The lowest BCUT2D eigenvalue weighted by molar-refractivity contribution is -0.147. The van der Waals surface area contributed by atoms with Crippen molar-refractivity contribution in [1.82, 2.24) is 15.4 Å². The van der Waals surface area contributed by atoms with Crippen LogP contribution in [-0.2, 0) is 24.3 Å². The van der Waals surface area contributed by atoms with Crippen LogP contribution in [0.15, 0.2) is 24.3 Å². The third kappa shape index (κ3) is 4.67. The lowest BCUT2D eigenvalue weighted by Gasteiger charge is -2.32. The number of amides is 2. The maximum Gasteiger partial charge on any atom is 0.251 e. The number of nitrogens with one attached hydrogen (secondary N) is 3. The molecule has 2 rings (SSSR count). The molecule has 3 N–H and O–H groups in total. The minimum Gasteiger partial charge on any atom is -0.356 e. The van der Waals surface area contributed by atoms with Crippen molar-refractivity contribution in [3.05, 3.63) is 34.9 Å². The molecule has 1 fully saturated rings. The Morgan fingerprint density at radius 2 is 2.12 bits per heavy atom. The minimum atomic E-state index is -3.42. The van der Waals surface area contributed by atoms with E-state index >= 15 is 0 Å². The molecular weight excluding hydrogens is 358 g/mol. The van der Waals surface area contributed by atoms with Crippen LogP contribution in [0.2, 0.25) is 5.02 Å². The largest absolute Gasteiger partial charge is 0.356 e. The molecule has 132 valence electrons. The normalized spacial score (nSPS) is 21.2. The SMILES string of the molecule is CNS(=O)(=O)CCNC(=O)[C@H]1OCC(=O)N[C@@H]1c1ccccc1Cl. The van der Waals surface area contributed by atoms with Gasteiger partial charge in [-0.3, -0.25) is 9.59 Å². The van der Waals surface area contributed by atoms with Crippen molar-refractivity contribution in [2.75, 3.05) is 26.0 Å². The van der Waals surface area contributed by atoms with E-state index in [1.165, 1.54) is 7.05 Å². The average Bonchev–Trinajstić information content (AvgIpc) is 2.55. The van der Waals surface area contributed by atoms with Crippen molar-refractivity contribution in [3.63, 3.8) is 0 Å². The Morgan fingerprint density at radius 3 is 2.79 bits per heavy atom. The van der Waals surface area contributed by atoms with Gasteiger partial charge < -0.3 is 15.4 Å². The summed E-state index contributed by atoms with van der Waals surface area (Å²) < 4.78 is 30.2. The van der Waals surface area contributed by atoms with Crippen LogP contribution in [0.1, 0.15) is 11.6 Å². The molecule has 10 heteroatoms. The number of hydrogen-bond acceptors (Lipinski definition) is 5. The Kier molecular flexibility index (Phi) is 6.16. The number of morpholine rings is 1. The van der Waals surface area contributed by atoms with E-state index in [-0.39, 0.29) is 24.8 Å². The first-order valence-corrected chi connectivity index (χ1v) is 9.21. The molecular formula is C14H18ClN3O5S. The van der Waals surface area contributed by atoms with Gasteiger partial charge in [-0.2, -0.15) is 0 Å². The van der Waals surface area contributed by atoms with E-state index < -0.39 is 28.1 Å². The molecule has 1 aliphatic rings. The van der Waals surface area contributed by atoms with Crippen LogP contribution >= 0.6 is 11.6 Å². The summed E-state index contributed by atoms with van der Waals surface area (Å²) >= 11 is 6.13.